The van der Waals surface area contributed by atoms with Gasteiger partial charge in [-0.25, -0.2) is 4.98 Å². The van der Waals surface area contributed by atoms with Crippen LogP contribution in [0.5, 0.6) is 0 Å². The van der Waals surface area contributed by atoms with E-state index in [9.17, 15) is 0 Å². The van der Waals surface area contributed by atoms with Crippen LogP contribution < -0.4 is 0 Å². The summed E-state index contributed by atoms with van der Waals surface area (Å²) in [5.74, 6) is 0. The van der Waals surface area contributed by atoms with Crippen molar-refractivity contribution in [2.45, 2.75) is 0 Å². The van der Waals surface area contributed by atoms with Crippen molar-refractivity contribution in [1.82, 2.24) is 15.0 Å². The van der Waals surface area contributed by atoms with E-state index in [4.69, 9.17) is 0 Å². The molecule has 2 heterocycles. The Morgan fingerprint density at radius 2 is 1.57 bits per heavy atom. The molecule has 0 atom stereocenters. The Balaban J connectivity index is 2.40. The number of aromatic nitrogens is 3. The molecule has 0 radical (unpaired) electrons. The molecular formula is C9H5I2N3. The largest absolute Gasteiger partial charge is 0.253 e. The Kier molecular flexibility index (Phi) is 3.26. The molecule has 0 aliphatic rings. The lowest BCUT2D eigenvalue weighted by molar-refractivity contribution is 1.14. The smallest absolute Gasteiger partial charge is 0.119 e. The summed E-state index contributed by atoms with van der Waals surface area (Å²) in [5.41, 5.74) is 1.66. The van der Waals surface area contributed by atoms with Crippen LogP contribution >= 0.6 is 45.2 Å². The first-order valence-corrected chi connectivity index (χ1v) is 6.01. The Bertz CT molecular complexity index is 381. The van der Waals surface area contributed by atoms with Crippen LogP contribution in [0, 0.1) is 7.27 Å². The van der Waals surface area contributed by atoms with Crippen molar-refractivity contribution in [2.75, 3.05) is 0 Å². The van der Waals surface area contributed by atoms with Gasteiger partial charge in [-0.2, -0.15) is 0 Å². The van der Waals surface area contributed by atoms with E-state index < -0.39 is 0 Å². The zero-order valence-corrected chi connectivity index (χ0v) is 11.3. The second-order valence-corrected chi connectivity index (χ2v) is 4.94. The van der Waals surface area contributed by atoms with E-state index in [-0.39, 0.29) is 0 Å². The summed E-state index contributed by atoms with van der Waals surface area (Å²) < 4.78 is 2.00. The summed E-state index contributed by atoms with van der Waals surface area (Å²) in [6.45, 7) is 0. The van der Waals surface area contributed by atoms with Gasteiger partial charge < -0.3 is 0 Å². The van der Waals surface area contributed by atoms with Crippen molar-refractivity contribution in [1.29, 1.82) is 0 Å². The number of nitrogens with zero attached hydrogens (tertiary/aromatic N) is 3. The Labute approximate surface area is 109 Å². The topological polar surface area (TPSA) is 38.7 Å². The van der Waals surface area contributed by atoms with Crippen molar-refractivity contribution < 1.29 is 0 Å². The predicted molar refractivity (Wildman–Crippen MR) is 70.7 cm³/mol. The molecule has 0 amide bonds. The Hall–Kier alpha value is -0.310. The highest BCUT2D eigenvalue weighted by Gasteiger charge is 2.00. The lowest BCUT2D eigenvalue weighted by Gasteiger charge is -1.98. The van der Waals surface area contributed by atoms with Crippen molar-refractivity contribution in [2.24, 2.45) is 0 Å². The van der Waals surface area contributed by atoms with Crippen LogP contribution in [0.4, 0.5) is 0 Å². The average molecular weight is 409 g/mol. The highest BCUT2D eigenvalue weighted by molar-refractivity contribution is 14.1. The first-order valence-electron chi connectivity index (χ1n) is 3.85. The van der Waals surface area contributed by atoms with Gasteiger partial charge in [0.2, 0.25) is 0 Å². The highest BCUT2D eigenvalue weighted by atomic mass is 127. The van der Waals surface area contributed by atoms with E-state index in [2.05, 4.69) is 60.1 Å². The van der Waals surface area contributed by atoms with E-state index in [1.807, 2.05) is 18.3 Å². The second kappa shape index (κ2) is 4.47. The van der Waals surface area contributed by atoms with Crippen LogP contribution in [-0.2, 0) is 0 Å². The summed E-state index contributed by atoms with van der Waals surface area (Å²) in [6.07, 6.45) is 5.28. The molecule has 0 aromatic carbocycles. The average Bonchev–Trinajstić information content (AvgIpc) is 2.21. The summed E-state index contributed by atoms with van der Waals surface area (Å²) >= 11 is 4.35. The Morgan fingerprint density at radius 1 is 0.786 bits per heavy atom. The van der Waals surface area contributed by atoms with Crippen molar-refractivity contribution >= 4 is 45.2 Å². The number of rotatable bonds is 1. The molecule has 2 aromatic rings. The first-order chi connectivity index (χ1) is 6.75. The van der Waals surface area contributed by atoms with Gasteiger partial charge >= 0.3 is 0 Å². The second-order valence-electron chi connectivity index (χ2n) is 2.59. The number of hydrogen-bond acceptors (Lipinski definition) is 3. The molecule has 0 N–H and O–H groups in total. The first kappa shape index (κ1) is 10.2. The molecule has 0 aliphatic heterocycles. The van der Waals surface area contributed by atoms with Gasteiger partial charge in [0.05, 0.1) is 18.1 Å². The number of halogens is 2. The highest BCUT2D eigenvalue weighted by Crippen LogP contribution is 2.14. The van der Waals surface area contributed by atoms with Gasteiger partial charge in [-0.05, 0) is 57.3 Å². The summed E-state index contributed by atoms with van der Waals surface area (Å²) in [4.78, 5) is 12.7. The van der Waals surface area contributed by atoms with Crippen LogP contribution in [-0.4, -0.2) is 15.0 Å². The third kappa shape index (κ3) is 2.38. The maximum Gasteiger partial charge on any atom is 0.119 e. The van der Waals surface area contributed by atoms with Gasteiger partial charge in [0.15, 0.2) is 0 Å². The third-order valence-corrected chi connectivity index (χ3v) is 2.81. The fraction of sp³-hybridized carbons (Fsp3) is 0. The van der Waals surface area contributed by atoms with E-state index >= 15 is 0 Å². The van der Waals surface area contributed by atoms with Crippen LogP contribution in [0.25, 0.3) is 11.4 Å². The minimum atomic E-state index is 0.807. The molecule has 0 spiro atoms. The van der Waals surface area contributed by atoms with Crippen molar-refractivity contribution in [3.8, 4) is 11.4 Å². The summed E-state index contributed by atoms with van der Waals surface area (Å²) in [7, 11) is 0. The van der Waals surface area contributed by atoms with Gasteiger partial charge in [-0.15, -0.1) is 0 Å². The maximum atomic E-state index is 4.27. The SMILES string of the molecule is Ic1ccc(-c2cnc(I)cn2)nc1. The lowest BCUT2D eigenvalue weighted by atomic mass is 10.3. The number of pyridine rings is 1. The standard InChI is InChI=1S/C9H5I2N3/c10-6-1-2-7(12-3-6)8-4-14-9(11)5-13-8/h1-5H. The van der Waals surface area contributed by atoms with Crippen LogP contribution in [0.2, 0.25) is 0 Å². The molecule has 0 aliphatic carbocycles. The van der Waals surface area contributed by atoms with E-state index in [1.165, 1.54) is 0 Å². The minimum Gasteiger partial charge on any atom is -0.253 e. The number of hydrogen-bond donors (Lipinski definition) is 0. The molecule has 2 aromatic heterocycles. The van der Waals surface area contributed by atoms with Gasteiger partial charge in [-0.3, -0.25) is 9.97 Å². The lowest BCUT2D eigenvalue weighted by Crippen LogP contribution is -1.90. The Morgan fingerprint density at radius 3 is 2.14 bits per heavy atom. The molecule has 70 valence electrons. The van der Waals surface area contributed by atoms with E-state index in [0.29, 0.717) is 0 Å². The summed E-state index contributed by atoms with van der Waals surface area (Å²) in [6, 6.07) is 3.95. The van der Waals surface area contributed by atoms with Crippen LogP contribution in [0.3, 0.4) is 0 Å². The molecule has 0 unspecified atom stereocenters. The van der Waals surface area contributed by atoms with Crippen LogP contribution in [0.15, 0.2) is 30.7 Å². The molecule has 14 heavy (non-hydrogen) atoms. The van der Waals surface area contributed by atoms with Gasteiger partial charge in [0.25, 0.3) is 0 Å². The molecule has 5 heteroatoms. The molecule has 3 nitrogen and oxygen atoms in total. The monoisotopic (exact) mass is 409 g/mol. The zero-order valence-electron chi connectivity index (χ0n) is 6.98. The summed E-state index contributed by atoms with van der Waals surface area (Å²) in [5, 5.41) is 0. The fourth-order valence-corrected chi connectivity index (χ4v) is 1.57. The quantitative estimate of drug-likeness (QED) is 0.681. The van der Waals surface area contributed by atoms with Crippen LogP contribution in [0.1, 0.15) is 0 Å². The molecule has 0 saturated heterocycles. The molecular weight excluding hydrogens is 404 g/mol. The normalized spacial score (nSPS) is 10.1. The minimum absolute atomic E-state index is 0.807. The fourth-order valence-electron chi connectivity index (χ4n) is 0.972. The molecule has 0 saturated carbocycles. The molecule has 2 rings (SSSR count). The predicted octanol–water partition coefficient (Wildman–Crippen LogP) is 2.75. The third-order valence-electron chi connectivity index (χ3n) is 1.61. The van der Waals surface area contributed by atoms with Crippen molar-refractivity contribution in [3.63, 3.8) is 0 Å². The van der Waals surface area contributed by atoms with E-state index in [0.717, 1.165) is 18.7 Å². The van der Waals surface area contributed by atoms with Gasteiger partial charge in [-0.1, -0.05) is 0 Å². The molecule has 0 fully saturated rings. The zero-order chi connectivity index (χ0) is 9.97. The maximum absolute atomic E-state index is 4.27. The van der Waals surface area contributed by atoms with Crippen molar-refractivity contribution in [3.05, 3.63) is 38.0 Å². The van der Waals surface area contributed by atoms with Gasteiger partial charge in [0.1, 0.15) is 9.39 Å². The molecule has 0 bridgehead atoms. The van der Waals surface area contributed by atoms with E-state index in [1.54, 1.807) is 12.4 Å². The van der Waals surface area contributed by atoms with Gasteiger partial charge in [0, 0.05) is 9.77 Å².